The van der Waals surface area contributed by atoms with Crippen molar-refractivity contribution >= 4 is 5.97 Å². The zero-order chi connectivity index (χ0) is 14.5. The van der Waals surface area contributed by atoms with E-state index in [1.165, 1.54) is 0 Å². The van der Waals surface area contributed by atoms with Crippen molar-refractivity contribution in [2.75, 3.05) is 39.4 Å². The van der Waals surface area contributed by atoms with Crippen molar-refractivity contribution in [3.8, 4) is 0 Å². The molecule has 0 aromatic rings. The molecule has 5 heteroatoms. The third-order valence-corrected chi connectivity index (χ3v) is 4.46. The second-order valence-corrected chi connectivity index (χ2v) is 5.87. The van der Waals surface area contributed by atoms with Gasteiger partial charge in [0, 0.05) is 32.2 Å². The van der Waals surface area contributed by atoms with Crippen molar-refractivity contribution in [2.24, 2.45) is 0 Å². The van der Waals surface area contributed by atoms with Gasteiger partial charge in [-0.05, 0) is 33.6 Å². The van der Waals surface area contributed by atoms with Crippen molar-refractivity contribution in [3.63, 3.8) is 0 Å². The Labute approximate surface area is 122 Å². The molecule has 2 atom stereocenters. The summed E-state index contributed by atoms with van der Waals surface area (Å²) in [7, 11) is 0. The van der Waals surface area contributed by atoms with Gasteiger partial charge in [0.05, 0.1) is 19.3 Å². The monoisotopic (exact) mass is 284 g/mol. The molecule has 5 nitrogen and oxygen atoms in total. The molecule has 2 unspecified atom stereocenters. The van der Waals surface area contributed by atoms with Gasteiger partial charge in [0.25, 0.3) is 0 Å². The van der Waals surface area contributed by atoms with E-state index in [1.54, 1.807) is 0 Å². The predicted octanol–water partition coefficient (Wildman–Crippen LogP) is 1.12. The van der Waals surface area contributed by atoms with Crippen LogP contribution >= 0.6 is 0 Å². The van der Waals surface area contributed by atoms with Gasteiger partial charge in [-0.2, -0.15) is 0 Å². The van der Waals surface area contributed by atoms with E-state index in [-0.39, 0.29) is 12.0 Å². The number of hydrogen-bond acceptors (Lipinski definition) is 5. The van der Waals surface area contributed by atoms with Crippen molar-refractivity contribution in [3.05, 3.63) is 0 Å². The fourth-order valence-corrected chi connectivity index (χ4v) is 3.23. The number of hydrogen-bond donors (Lipinski definition) is 0. The van der Waals surface area contributed by atoms with Gasteiger partial charge in [0.1, 0.15) is 6.04 Å². The summed E-state index contributed by atoms with van der Waals surface area (Å²) in [5, 5.41) is 0. The average Bonchev–Trinajstić information content (AvgIpc) is 2.47. The van der Waals surface area contributed by atoms with Crippen LogP contribution in [-0.2, 0) is 14.3 Å². The van der Waals surface area contributed by atoms with Gasteiger partial charge in [-0.25, -0.2) is 0 Å². The fourth-order valence-electron chi connectivity index (χ4n) is 3.23. The van der Waals surface area contributed by atoms with Gasteiger partial charge in [-0.15, -0.1) is 0 Å². The highest BCUT2D eigenvalue weighted by molar-refractivity contribution is 5.75. The van der Waals surface area contributed by atoms with Crippen molar-refractivity contribution in [1.29, 1.82) is 0 Å². The van der Waals surface area contributed by atoms with E-state index in [2.05, 4.69) is 16.7 Å². The Morgan fingerprint density at radius 3 is 2.65 bits per heavy atom. The van der Waals surface area contributed by atoms with Gasteiger partial charge in [0.15, 0.2) is 0 Å². The molecule has 20 heavy (non-hydrogen) atoms. The maximum atomic E-state index is 11.8. The molecule has 0 N–H and O–H groups in total. The molecule has 0 saturated carbocycles. The predicted molar refractivity (Wildman–Crippen MR) is 77.7 cm³/mol. The molecule has 2 fully saturated rings. The van der Waals surface area contributed by atoms with Gasteiger partial charge < -0.3 is 9.47 Å². The zero-order valence-electron chi connectivity index (χ0n) is 13.0. The molecule has 0 amide bonds. The number of carbonyl (C=O) groups excluding carboxylic acids is 1. The molecular weight excluding hydrogens is 256 g/mol. The Hall–Kier alpha value is -0.650. The second kappa shape index (κ2) is 7.38. The molecule has 2 aliphatic rings. The van der Waals surface area contributed by atoms with Gasteiger partial charge in [-0.3, -0.25) is 14.6 Å². The summed E-state index contributed by atoms with van der Waals surface area (Å²) in [6.07, 6.45) is 2.62. The maximum absolute atomic E-state index is 11.8. The lowest BCUT2D eigenvalue weighted by atomic mass is 10.0. The molecule has 0 spiro atoms. The lowest BCUT2D eigenvalue weighted by Gasteiger charge is -2.42. The minimum atomic E-state index is -0.112. The van der Waals surface area contributed by atoms with Crippen LogP contribution in [0.4, 0.5) is 0 Å². The van der Waals surface area contributed by atoms with E-state index in [4.69, 9.17) is 9.47 Å². The molecule has 2 saturated heterocycles. The number of likely N-dealkylation sites (tertiary alicyclic amines) is 1. The third-order valence-electron chi connectivity index (χ3n) is 4.46. The molecule has 0 aromatic heterocycles. The topological polar surface area (TPSA) is 42.0 Å². The van der Waals surface area contributed by atoms with Gasteiger partial charge >= 0.3 is 5.97 Å². The summed E-state index contributed by atoms with van der Waals surface area (Å²) in [5.41, 5.74) is 0. The molecule has 2 heterocycles. The van der Waals surface area contributed by atoms with Crippen molar-refractivity contribution in [2.45, 2.75) is 51.8 Å². The van der Waals surface area contributed by atoms with Crippen LogP contribution in [0, 0.1) is 0 Å². The van der Waals surface area contributed by atoms with Crippen LogP contribution in [0.15, 0.2) is 0 Å². The van der Waals surface area contributed by atoms with Crippen LogP contribution < -0.4 is 0 Å². The molecule has 0 radical (unpaired) electrons. The Kier molecular flexibility index (Phi) is 5.81. The molecule has 0 aromatic carbocycles. The van der Waals surface area contributed by atoms with Crippen LogP contribution in [0.3, 0.4) is 0 Å². The second-order valence-electron chi connectivity index (χ2n) is 5.87. The van der Waals surface area contributed by atoms with E-state index in [1.807, 2.05) is 13.8 Å². The Bertz CT molecular complexity index is 316. The van der Waals surface area contributed by atoms with E-state index < -0.39 is 0 Å². The summed E-state index contributed by atoms with van der Waals surface area (Å²) >= 11 is 0. The molecule has 2 aliphatic heterocycles. The summed E-state index contributed by atoms with van der Waals surface area (Å²) in [5.74, 6) is -0.0917. The number of morpholine rings is 1. The average molecular weight is 284 g/mol. The van der Waals surface area contributed by atoms with E-state index in [9.17, 15) is 4.79 Å². The SMILES string of the molecule is CCOC(=O)C(C)N1CCC(N2CCOC(C)C2)CC1. The fraction of sp³-hybridized carbons (Fsp3) is 0.933. The van der Waals surface area contributed by atoms with Crippen LogP contribution in [0.1, 0.15) is 33.6 Å². The Morgan fingerprint density at radius 1 is 1.35 bits per heavy atom. The lowest BCUT2D eigenvalue weighted by Crippen LogP contribution is -2.53. The highest BCUT2D eigenvalue weighted by Crippen LogP contribution is 2.20. The van der Waals surface area contributed by atoms with Gasteiger partial charge in [0.2, 0.25) is 0 Å². The third kappa shape index (κ3) is 3.93. The van der Waals surface area contributed by atoms with Crippen LogP contribution in [0.5, 0.6) is 0 Å². The van der Waals surface area contributed by atoms with Crippen molar-refractivity contribution < 1.29 is 14.3 Å². The highest BCUT2D eigenvalue weighted by atomic mass is 16.5. The standard InChI is InChI=1S/C15H28N2O3/c1-4-19-15(18)13(3)16-7-5-14(6-8-16)17-9-10-20-12(2)11-17/h12-14H,4-11H2,1-3H3. The van der Waals surface area contributed by atoms with E-state index in [0.29, 0.717) is 18.8 Å². The minimum absolute atomic E-state index is 0.0917. The summed E-state index contributed by atoms with van der Waals surface area (Å²) < 4.78 is 10.7. The smallest absolute Gasteiger partial charge is 0.323 e. The maximum Gasteiger partial charge on any atom is 0.323 e. The minimum Gasteiger partial charge on any atom is -0.465 e. The van der Waals surface area contributed by atoms with Crippen LogP contribution in [0.25, 0.3) is 0 Å². The molecular formula is C15H28N2O3. The summed E-state index contributed by atoms with van der Waals surface area (Å²) in [4.78, 5) is 16.6. The van der Waals surface area contributed by atoms with Crippen LogP contribution in [-0.4, -0.2) is 73.3 Å². The Balaban J connectivity index is 1.78. The zero-order valence-corrected chi connectivity index (χ0v) is 13.0. The number of carbonyl (C=O) groups is 1. The summed E-state index contributed by atoms with van der Waals surface area (Å²) in [6.45, 7) is 11.3. The first-order valence-electron chi connectivity index (χ1n) is 7.88. The molecule has 116 valence electrons. The number of ether oxygens (including phenoxy) is 2. The largest absolute Gasteiger partial charge is 0.465 e. The van der Waals surface area contributed by atoms with E-state index in [0.717, 1.165) is 45.6 Å². The quantitative estimate of drug-likeness (QED) is 0.724. The van der Waals surface area contributed by atoms with E-state index >= 15 is 0 Å². The Morgan fingerprint density at radius 2 is 2.05 bits per heavy atom. The highest BCUT2D eigenvalue weighted by Gasteiger charge is 2.31. The van der Waals surface area contributed by atoms with Crippen LogP contribution in [0.2, 0.25) is 0 Å². The first-order valence-corrected chi connectivity index (χ1v) is 7.88. The number of rotatable bonds is 4. The number of esters is 1. The first-order chi connectivity index (χ1) is 9.61. The number of nitrogens with zero attached hydrogens (tertiary/aromatic N) is 2. The first kappa shape index (κ1) is 15.7. The van der Waals surface area contributed by atoms with Gasteiger partial charge in [-0.1, -0.05) is 0 Å². The molecule has 2 rings (SSSR count). The summed E-state index contributed by atoms with van der Waals surface area (Å²) in [6, 6.07) is 0.534. The normalized spacial score (nSPS) is 28.2. The van der Waals surface area contributed by atoms with Crippen molar-refractivity contribution in [1.82, 2.24) is 9.80 Å². The molecule has 0 aliphatic carbocycles. The molecule has 0 bridgehead atoms. The lowest BCUT2D eigenvalue weighted by molar-refractivity contribution is -0.149. The number of piperidine rings is 1.